The van der Waals surface area contributed by atoms with Crippen molar-refractivity contribution in [2.24, 2.45) is 0 Å². The maximum absolute atomic E-state index is 6.24. The molecule has 0 spiro atoms. The fourth-order valence-corrected chi connectivity index (χ4v) is 11.6. The summed E-state index contributed by atoms with van der Waals surface area (Å²) in [6, 6.07) is 62.6. The molecular formula is C50H42Cl2Zr-2. The summed E-state index contributed by atoms with van der Waals surface area (Å²) in [6.07, 6.45) is 2.22. The zero-order valence-corrected chi connectivity index (χ0v) is 34.4. The standard InChI is InChI=1S/C20H15.C17H17.C13H10.2ClH.Zr/c1-14-11-17-7-4-8-19(20(17)12-14)18-10-9-15-5-2-3-6-16(15)13-18;1-3-12-5-7-16-14(9-12)11-15-10-13(4-2)6-8-17(15)16;1-3-7-12(8-4-1)11-13-9-5-2-6-10-13;;;/h2-13H,1H3;5-11H,3-4H2,1-2H3;1-10H;2*1H;/q2*-1;;;;+2/p-2. The zero-order valence-electron chi connectivity index (χ0n) is 30.4. The van der Waals surface area contributed by atoms with Gasteiger partial charge in [0, 0.05) is 0 Å². The molecule has 3 heteroatoms. The zero-order chi connectivity index (χ0) is 36.7. The summed E-state index contributed by atoms with van der Waals surface area (Å²) in [5, 5.41) is 10.8. The molecular weight excluding hydrogens is 763 g/mol. The van der Waals surface area contributed by atoms with Gasteiger partial charge in [-0.25, -0.2) is 0 Å². The van der Waals surface area contributed by atoms with Crippen molar-refractivity contribution in [2.75, 3.05) is 0 Å². The van der Waals surface area contributed by atoms with Gasteiger partial charge >= 0.3 is 111 Å². The number of halogens is 2. The predicted octanol–water partition coefficient (Wildman–Crippen LogP) is 14.7. The van der Waals surface area contributed by atoms with Crippen LogP contribution in [0.4, 0.5) is 0 Å². The van der Waals surface area contributed by atoms with Crippen molar-refractivity contribution in [1.29, 1.82) is 0 Å². The van der Waals surface area contributed by atoms with E-state index in [9.17, 15) is 0 Å². The first kappa shape index (κ1) is 36.9. The van der Waals surface area contributed by atoms with E-state index in [1.54, 1.807) is 0 Å². The second-order valence-corrected chi connectivity index (χ2v) is 21.6. The fraction of sp³-hybridized carbons (Fsp3) is 0.100. The number of hydrogen-bond donors (Lipinski definition) is 0. The minimum absolute atomic E-state index is 1.11. The molecule has 0 heterocycles. The molecule has 0 saturated heterocycles. The van der Waals surface area contributed by atoms with Crippen LogP contribution in [0.1, 0.15) is 41.7 Å². The minimum atomic E-state index is -2.44. The van der Waals surface area contributed by atoms with Gasteiger partial charge in [0.25, 0.3) is 0 Å². The number of fused-ring (bicyclic) bond motifs is 5. The average Bonchev–Trinajstić information content (AvgIpc) is 3.77. The molecule has 0 amide bonds. The van der Waals surface area contributed by atoms with Crippen molar-refractivity contribution in [3.05, 3.63) is 204 Å². The van der Waals surface area contributed by atoms with Crippen LogP contribution in [-0.2, 0) is 31.7 Å². The molecule has 9 rings (SSSR count). The third kappa shape index (κ3) is 8.55. The summed E-state index contributed by atoms with van der Waals surface area (Å²) in [6.45, 7) is 6.57. The van der Waals surface area contributed by atoms with Gasteiger partial charge in [-0.05, 0) is 35.2 Å². The van der Waals surface area contributed by atoms with E-state index in [0.717, 1.165) is 27.2 Å². The average molecular weight is 805 g/mol. The van der Waals surface area contributed by atoms with Crippen molar-refractivity contribution < 1.29 is 18.9 Å². The van der Waals surface area contributed by atoms with Gasteiger partial charge < -0.3 is 0 Å². The molecule has 0 aliphatic carbocycles. The third-order valence-electron chi connectivity index (χ3n) is 9.92. The number of benzene rings is 7. The van der Waals surface area contributed by atoms with E-state index in [1.165, 1.54) is 70.9 Å². The summed E-state index contributed by atoms with van der Waals surface area (Å²) in [5.41, 5.74) is 9.07. The Balaban J connectivity index is 0.000000124. The molecule has 0 nitrogen and oxygen atoms in total. The van der Waals surface area contributed by atoms with Gasteiger partial charge in [0.05, 0.1) is 0 Å². The quantitative estimate of drug-likeness (QED) is 0.152. The van der Waals surface area contributed by atoms with Crippen LogP contribution >= 0.6 is 17.0 Å². The molecule has 0 unspecified atom stereocenters. The summed E-state index contributed by atoms with van der Waals surface area (Å²) in [5.74, 6) is 0. The van der Waals surface area contributed by atoms with Crippen LogP contribution in [0, 0.1) is 6.92 Å². The van der Waals surface area contributed by atoms with Crippen LogP contribution in [0.3, 0.4) is 0 Å². The van der Waals surface area contributed by atoms with Crippen LogP contribution < -0.4 is 0 Å². The van der Waals surface area contributed by atoms with E-state index < -0.39 is 18.9 Å². The molecule has 53 heavy (non-hydrogen) atoms. The van der Waals surface area contributed by atoms with Gasteiger partial charge in [-0.2, -0.15) is 6.07 Å². The Morgan fingerprint density at radius 2 is 1.06 bits per heavy atom. The van der Waals surface area contributed by atoms with Crippen LogP contribution in [0.5, 0.6) is 0 Å². The van der Waals surface area contributed by atoms with Gasteiger partial charge in [0.1, 0.15) is 0 Å². The predicted molar refractivity (Wildman–Crippen MR) is 231 cm³/mol. The first-order valence-electron chi connectivity index (χ1n) is 18.3. The molecule has 0 bridgehead atoms. The Kier molecular flexibility index (Phi) is 12.0. The van der Waals surface area contributed by atoms with Gasteiger partial charge in [0.2, 0.25) is 0 Å². The molecule has 0 aliphatic heterocycles. The molecule has 9 aromatic carbocycles. The summed E-state index contributed by atoms with van der Waals surface area (Å²) in [4.78, 5) is 0. The molecule has 0 aliphatic rings. The van der Waals surface area contributed by atoms with E-state index in [0.29, 0.717) is 0 Å². The van der Waals surface area contributed by atoms with Crippen molar-refractivity contribution >= 4 is 63.3 Å². The van der Waals surface area contributed by atoms with Crippen LogP contribution in [0.15, 0.2) is 176 Å². The van der Waals surface area contributed by atoms with E-state index in [2.05, 4.69) is 160 Å². The third-order valence-corrected chi connectivity index (χ3v) is 14.5. The second kappa shape index (κ2) is 17.2. The molecule has 262 valence electrons. The van der Waals surface area contributed by atoms with Crippen LogP contribution in [-0.4, -0.2) is 3.21 Å². The molecule has 9 aromatic rings. The molecule has 0 atom stereocenters. The second-order valence-electron chi connectivity index (χ2n) is 13.5. The first-order valence-corrected chi connectivity index (χ1v) is 25.9. The fourth-order valence-electron chi connectivity index (χ4n) is 7.15. The summed E-state index contributed by atoms with van der Waals surface area (Å²) >= 11 is -2.44. The Labute approximate surface area is 328 Å². The van der Waals surface area contributed by atoms with Crippen molar-refractivity contribution in [3.63, 3.8) is 0 Å². The molecule has 0 N–H and O–H groups in total. The van der Waals surface area contributed by atoms with Gasteiger partial charge in [0.15, 0.2) is 0 Å². The molecule has 0 radical (unpaired) electrons. The summed E-state index contributed by atoms with van der Waals surface area (Å²) in [7, 11) is 12.5. The molecule has 0 saturated carbocycles. The summed E-state index contributed by atoms with van der Waals surface area (Å²) < 4.78 is 1.15. The molecule has 0 aromatic heterocycles. The topological polar surface area (TPSA) is 0 Å². The van der Waals surface area contributed by atoms with Gasteiger partial charge in [-0.1, -0.05) is 104 Å². The maximum atomic E-state index is 6.24. The Bertz CT molecular complexity index is 2560. The number of rotatable bonds is 5. The van der Waals surface area contributed by atoms with Crippen molar-refractivity contribution in [3.8, 4) is 11.1 Å². The van der Waals surface area contributed by atoms with Crippen molar-refractivity contribution in [1.82, 2.24) is 0 Å². The van der Waals surface area contributed by atoms with Crippen LogP contribution in [0.25, 0.3) is 54.2 Å². The van der Waals surface area contributed by atoms with Crippen LogP contribution in [0.2, 0.25) is 0 Å². The monoisotopic (exact) mass is 802 g/mol. The number of aryl methyl sites for hydroxylation is 3. The normalized spacial score (nSPS) is 10.9. The van der Waals surface area contributed by atoms with E-state index >= 15 is 0 Å². The Hall–Kier alpha value is -4.39. The van der Waals surface area contributed by atoms with E-state index in [1.807, 2.05) is 36.4 Å². The van der Waals surface area contributed by atoms with Gasteiger partial charge in [-0.3, -0.25) is 0 Å². The van der Waals surface area contributed by atoms with Gasteiger partial charge in [-0.15, -0.1) is 74.3 Å². The van der Waals surface area contributed by atoms with Crippen molar-refractivity contribution in [2.45, 2.75) is 33.6 Å². The Morgan fingerprint density at radius 1 is 0.491 bits per heavy atom. The molecule has 0 fully saturated rings. The van der Waals surface area contributed by atoms with E-state index in [-0.39, 0.29) is 0 Å². The van der Waals surface area contributed by atoms with E-state index in [4.69, 9.17) is 17.0 Å². The number of hydrogen-bond acceptors (Lipinski definition) is 0. The SMILES string of the molecule is CCc1ccc2c(c1)[cH-]c1cc(CC)ccc12.Cc1cc2c(-c3ccc4ccccc4c3)cccc2[cH-]1.[Cl][Zr]([Cl])=[C](c1ccccc1)c1ccccc1. The first-order chi connectivity index (χ1) is 25.9. The Morgan fingerprint density at radius 3 is 1.62 bits per heavy atom.